The fraction of sp³-hybridized carbons (Fsp3) is 0.529. The number of aromatic nitrogens is 3. The van der Waals surface area contributed by atoms with Gasteiger partial charge in [-0.25, -0.2) is 9.37 Å². The quantitative estimate of drug-likeness (QED) is 0.679. The maximum atomic E-state index is 14.0. The molecule has 6 nitrogen and oxygen atoms in total. The Morgan fingerprint density at radius 2 is 2.08 bits per heavy atom. The number of ether oxygens (including phenoxy) is 1. The van der Waals surface area contributed by atoms with E-state index in [9.17, 15) is 4.39 Å². The molecule has 0 aromatic carbocycles. The molecule has 1 saturated carbocycles. The Balaban J connectivity index is 1.55. The zero-order chi connectivity index (χ0) is 16.8. The van der Waals surface area contributed by atoms with Gasteiger partial charge in [0.05, 0.1) is 18.5 Å². The van der Waals surface area contributed by atoms with Gasteiger partial charge < -0.3 is 15.4 Å². The topological polar surface area (TPSA) is 74.9 Å². The predicted molar refractivity (Wildman–Crippen MR) is 91.3 cm³/mol. The van der Waals surface area contributed by atoms with Crippen molar-refractivity contribution in [1.29, 1.82) is 0 Å². The molecule has 0 spiro atoms. The first-order valence-corrected chi connectivity index (χ1v) is 8.40. The lowest BCUT2D eigenvalue weighted by Crippen LogP contribution is -2.38. The lowest BCUT2D eigenvalue weighted by molar-refractivity contribution is 0.191. The van der Waals surface area contributed by atoms with Crippen molar-refractivity contribution >= 4 is 5.82 Å². The second kappa shape index (κ2) is 8.21. The molecular weight excluding hydrogens is 309 g/mol. The lowest BCUT2D eigenvalue weighted by Gasteiger charge is -2.30. The van der Waals surface area contributed by atoms with E-state index in [1.807, 2.05) is 0 Å². The van der Waals surface area contributed by atoms with E-state index in [2.05, 4.69) is 25.8 Å². The van der Waals surface area contributed by atoms with Crippen LogP contribution in [0.2, 0.25) is 0 Å². The zero-order valence-corrected chi connectivity index (χ0v) is 13.9. The van der Waals surface area contributed by atoms with Crippen molar-refractivity contribution in [3.8, 4) is 11.3 Å². The number of halogens is 1. The number of rotatable bonds is 7. The summed E-state index contributed by atoms with van der Waals surface area (Å²) in [4.78, 5) is 4.17. The average molecular weight is 333 g/mol. The minimum atomic E-state index is -0.351. The van der Waals surface area contributed by atoms with E-state index in [0.717, 1.165) is 38.8 Å². The number of aromatic amines is 1. The fourth-order valence-electron chi connectivity index (χ4n) is 3.15. The highest BCUT2D eigenvalue weighted by Crippen LogP contribution is 2.25. The van der Waals surface area contributed by atoms with Crippen molar-refractivity contribution in [2.75, 3.05) is 25.6 Å². The Hall–Kier alpha value is -1.99. The van der Waals surface area contributed by atoms with E-state index in [0.29, 0.717) is 29.2 Å². The second-order valence-electron chi connectivity index (χ2n) is 6.16. The van der Waals surface area contributed by atoms with Crippen molar-refractivity contribution in [1.82, 2.24) is 20.5 Å². The summed E-state index contributed by atoms with van der Waals surface area (Å²) in [6.45, 7) is 1.64. The second-order valence-corrected chi connectivity index (χ2v) is 6.16. The normalized spacial score (nSPS) is 20.9. The van der Waals surface area contributed by atoms with E-state index < -0.39 is 0 Å². The molecule has 0 atom stereocenters. The van der Waals surface area contributed by atoms with Crippen LogP contribution in [0, 0.1) is 5.82 Å². The molecule has 0 unspecified atom stereocenters. The van der Waals surface area contributed by atoms with E-state index in [1.54, 1.807) is 25.4 Å². The summed E-state index contributed by atoms with van der Waals surface area (Å²) < 4.78 is 19.0. The van der Waals surface area contributed by atoms with Crippen LogP contribution in [0.15, 0.2) is 24.5 Å². The van der Waals surface area contributed by atoms with Crippen LogP contribution in [0.4, 0.5) is 10.2 Å². The summed E-state index contributed by atoms with van der Waals surface area (Å²) >= 11 is 0. The third-order valence-electron chi connectivity index (χ3n) is 4.46. The number of hydrogen-bond acceptors (Lipinski definition) is 5. The molecule has 3 N–H and O–H groups in total. The van der Waals surface area contributed by atoms with Gasteiger partial charge in [-0.3, -0.25) is 5.10 Å². The van der Waals surface area contributed by atoms with Gasteiger partial charge >= 0.3 is 0 Å². The van der Waals surface area contributed by atoms with Crippen LogP contribution < -0.4 is 10.6 Å². The molecule has 2 aromatic heterocycles. The van der Waals surface area contributed by atoms with Crippen molar-refractivity contribution in [2.45, 2.75) is 37.8 Å². The van der Waals surface area contributed by atoms with Crippen molar-refractivity contribution in [3.63, 3.8) is 0 Å². The number of methoxy groups -OCH3 is 1. The van der Waals surface area contributed by atoms with Crippen LogP contribution in [-0.4, -0.2) is 47.5 Å². The van der Waals surface area contributed by atoms with Crippen molar-refractivity contribution in [3.05, 3.63) is 30.3 Å². The van der Waals surface area contributed by atoms with Gasteiger partial charge in [-0.2, -0.15) is 5.10 Å². The summed E-state index contributed by atoms with van der Waals surface area (Å²) in [5.41, 5.74) is 1.14. The molecule has 24 heavy (non-hydrogen) atoms. The first kappa shape index (κ1) is 16.9. The number of nitrogens with zero attached hydrogens (tertiary/aromatic N) is 2. The smallest absolute Gasteiger partial charge is 0.151 e. The highest BCUT2D eigenvalue weighted by Gasteiger charge is 2.21. The molecule has 2 aromatic rings. The summed E-state index contributed by atoms with van der Waals surface area (Å²) in [6.07, 6.45) is 7.26. The molecule has 0 aliphatic heterocycles. The van der Waals surface area contributed by atoms with E-state index in [4.69, 9.17) is 4.74 Å². The average Bonchev–Trinajstić information content (AvgIpc) is 3.13. The molecule has 2 heterocycles. The maximum absolute atomic E-state index is 14.0. The Bertz CT molecular complexity index is 626. The minimum absolute atomic E-state index is 0.351. The largest absolute Gasteiger partial charge is 0.383 e. The Morgan fingerprint density at radius 1 is 1.29 bits per heavy atom. The van der Waals surface area contributed by atoms with Crippen LogP contribution in [0.3, 0.4) is 0 Å². The molecule has 1 aliphatic rings. The van der Waals surface area contributed by atoms with Gasteiger partial charge in [0, 0.05) is 37.5 Å². The van der Waals surface area contributed by atoms with Crippen LogP contribution >= 0.6 is 0 Å². The van der Waals surface area contributed by atoms with Crippen LogP contribution in [-0.2, 0) is 4.74 Å². The summed E-state index contributed by atoms with van der Waals surface area (Å²) in [6, 6.07) is 4.42. The summed E-state index contributed by atoms with van der Waals surface area (Å²) in [7, 11) is 1.72. The minimum Gasteiger partial charge on any atom is -0.383 e. The predicted octanol–water partition coefficient (Wildman–Crippen LogP) is 2.57. The lowest BCUT2D eigenvalue weighted by atomic mass is 9.91. The molecule has 3 rings (SSSR count). The molecular formula is C17H24FN5O. The van der Waals surface area contributed by atoms with Crippen molar-refractivity contribution < 1.29 is 9.13 Å². The third-order valence-corrected chi connectivity index (χ3v) is 4.46. The highest BCUT2D eigenvalue weighted by molar-refractivity contribution is 5.63. The van der Waals surface area contributed by atoms with Crippen LogP contribution in [0.1, 0.15) is 25.7 Å². The molecule has 0 bridgehead atoms. The van der Waals surface area contributed by atoms with Gasteiger partial charge in [-0.1, -0.05) is 0 Å². The molecule has 1 fully saturated rings. The monoisotopic (exact) mass is 333 g/mol. The van der Waals surface area contributed by atoms with Gasteiger partial charge in [0.25, 0.3) is 0 Å². The number of hydrogen-bond donors (Lipinski definition) is 3. The van der Waals surface area contributed by atoms with Crippen LogP contribution in [0.25, 0.3) is 11.3 Å². The number of nitrogens with one attached hydrogen (secondary N) is 3. The Kier molecular flexibility index (Phi) is 5.77. The molecule has 7 heteroatoms. The number of H-pyrrole nitrogens is 1. The summed E-state index contributed by atoms with van der Waals surface area (Å²) in [5.74, 6) is 0.354. The number of pyridine rings is 1. The van der Waals surface area contributed by atoms with E-state index >= 15 is 0 Å². The van der Waals surface area contributed by atoms with Crippen molar-refractivity contribution in [2.24, 2.45) is 0 Å². The molecule has 0 radical (unpaired) electrons. The zero-order valence-electron chi connectivity index (χ0n) is 13.9. The van der Waals surface area contributed by atoms with Gasteiger partial charge in [0.1, 0.15) is 5.82 Å². The Labute approximate surface area is 141 Å². The third kappa shape index (κ3) is 4.30. The van der Waals surface area contributed by atoms with Gasteiger partial charge in [0.15, 0.2) is 5.82 Å². The van der Waals surface area contributed by atoms with Crippen LogP contribution in [0.5, 0.6) is 0 Å². The first-order valence-electron chi connectivity index (χ1n) is 8.40. The first-order chi connectivity index (χ1) is 11.8. The number of anilines is 1. The van der Waals surface area contributed by atoms with E-state index in [-0.39, 0.29) is 5.82 Å². The SMILES string of the molecule is COCCNC1CCC(Nc2cc(-c3ccn[nH]3)c(F)cn2)CC1. The molecule has 0 amide bonds. The molecule has 0 saturated heterocycles. The van der Waals surface area contributed by atoms with Gasteiger partial charge in [-0.05, 0) is 37.8 Å². The molecule has 1 aliphatic carbocycles. The fourth-order valence-corrected chi connectivity index (χ4v) is 3.15. The standard InChI is InChI=1S/C17H24FN5O/c1-24-9-8-19-12-2-4-13(5-3-12)22-17-10-14(15(18)11-20-17)16-6-7-21-23-16/h6-7,10-13,19H,2-5,8-9H2,1H3,(H,20,22)(H,21,23). The summed E-state index contributed by atoms with van der Waals surface area (Å²) in [5, 5.41) is 13.6. The molecule has 130 valence electrons. The highest BCUT2D eigenvalue weighted by atomic mass is 19.1. The Morgan fingerprint density at radius 3 is 2.79 bits per heavy atom. The van der Waals surface area contributed by atoms with E-state index in [1.165, 1.54) is 6.20 Å². The van der Waals surface area contributed by atoms with Gasteiger partial charge in [0.2, 0.25) is 0 Å². The van der Waals surface area contributed by atoms with Gasteiger partial charge in [-0.15, -0.1) is 0 Å². The maximum Gasteiger partial charge on any atom is 0.151 e.